The normalized spacial score (nSPS) is 31.5. The van der Waals surface area contributed by atoms with Crippen molar-refractivity contribution in [3.05, 3.63) is 182 Å². The van der Waals surface area contributed by atoms with Gasteiger partial charge in [-0.3, -0.25) is 14.4 Å². The number of carbonyl (C=O) groups excluding carboxylic acids is 6. The number of esters is 6. The Balaban J connectivity index is 0.000000127. The summed E-state index contributed by atoms with van der Waals surface area (Å²) >= 11 is 0. The van der Waals surface area contributed by atoms with Crippen LogP contribution < -0.4 is 0 Å². The predicted octanol–water partition coefficient (Wildman–Crippen LogP) is 23.8. The van der Waals surface area contributed by atoms with Gasteiger partial charge in [-0.1, -0.05) is 137 Å². The summed E-state index contributed by atoms with van der Waals surface area (Å²) in [5.74, 6) is -2.62. The van der Waals surface area contributed by atoms with Crippen molar-refractivity contribution in [1.29, 1.82) is 0 Å². The van der Waals surface area contributed by atoms with Gasteiger partial charge in [0.25, 0.3) is 0 Å². The second kappa shape index (κ2) is 40.7. The maximum atomic E-state index is 12.9. The summed E-state index contributed by atoms with van der Waals surface area (Å²) in [5.41, 5.74) is -2.73. The molecule has 5 unspecified atom stereocenters. The van der Waals surface area contributed by atoms with Gasteiger partial charge in [-0.05, 0) is 352 Å². The van der Waals surface area contributed by atoms with Crippen LogP contribution in [0.3, 0.4) is 0 Å². The van der Waals surface area contributed by atoms with Gasteiger partial charge < -0.3 is 38.6 Å². The van der Waals surface area contributed by atoms with Crippen molar-refractivity contribution in [1.82, 2.24) is 0 Å². The van der Waals surface area contributed by atoms with Crippen LogP contribution >= 0.6 is 0 Å². The number of aliphatic hydroxyl groups is 2. The van der Waals surface area contributed by atoms with Gasteiger partial charge in [-0.25, -0.2) is 14.4 Å². The van der Waals surface area contributed by atoms with E-state index in [1.54, 1.807) is 13.8 Å². The van der Waals surface area contributed by atoms with E-state index in [1.807, 2.05) is 41.5 Å². The van der Waals surface area contributed by atoms with Crippen LogP contribution in [0.4, 0.5) is 17.6 Å². The van der Waals surface area contributed by atoms with Crippen molar-refractivity contribution in [2.75, 3.05) is 13.2 Å². The quantitative estimate of drug-likeness (QED) is 0.0299. The molecule has 20 heteroatoms. The van der Waals surface area contributed by atoms with E-state index in [2.05, 4.69) is 196 Å². The predicted molar refractivity (Wildman–Crippen MR) is 486 cm³/mol. The molecule has 6 aromatic rings. The molecule has 23 rings (SSSR count). The minimum atomic E-state index is -3.43. The largest absolute Gasteiger partial charge is 0.463 e. The van der Waals surface area contributed by atoms with Crippen LogP contribution in [-0.4, -0.2) is 106 Å². The zero-order chi connectivity index (χ0) is 91.1. The average molecular weight is 1790 g/mol. The molecule has 17 fully saturated rings. The molecule has 127 heavy (non-hydrogen) atoms. The molecule has 5 atom stereocenters. The summed E-state index contributed by atoms with van der Waals surface area (Å²) in [5, 5.41) is 21.0. The second-order valence-corrected chi connectivity index (χ2v) is 46.0. The molecule has 16 aliphatic carbocycles. The fourth-order valence-corrected chi connectivity index (χ4v) is 28.4. The van der Waals surface area contributed by atoms with Crippen LogP contribution in [0.15, 0.2) is 211 Å². The third-order valence-corrected chi connectivity index (χ3v) is 35.3. The maximum absolute atomic E-state index is 12.9. The molecule has 2 N–H and O–H groups in total. The zero-order valence-corrected chi connectivity index (χ0v) is 78.6. The van der Waals surface area contributed by atoms with Crippen LogP contribution in [0.25, 0.3) is 0 Å². The Kier molecular flexibility index (Phi) is 31.1. The topological polar surface area (TPSA) is 198 Å². The lowest BCUT2D eigenvalue weighted by Gasteiger charge is -2.60. The SMILES string of the molecule is CC(F)(F)C(=O)OC1C2CC3CC(C2)CC1C3.CC(F)(F)C(=O)OCC12CC3CC(CC(O)(C3)C1)C2.CCC(C)(C)C(=O)OC1(CC)C2CC3CC(C2)CC1C3.CCC(C)(C)C(=O)OC1C2CC3CC1CC(O)(C3)C2.CCC(C)(C)C(=O)OC1CCOC1=O.c1ccc([S+](c2ccccc2)c2ccccc2)cc1.c1ccc([S+](c2ccccc2)c2ccccc2)cc1. The molecular weight excluding hydrogens is 1650 g/mol. The number of alkyl halides is 4. The van der Waals surface area contributed by atoms with Crippen LogP contribution in [0, 0.1) is 98.6 Å². The Hall–Kier alpha value is -7.52. The third-order valence-electron chi connectivity index (χ3n) is 30.8. The Labute approximate surface area is 758 Å². The average Bonchev–Trinajstić information content (AvgIpc) is 1.04. The monoisotopic (exact) mass is 1790 g/mol. The van der Waals surface area contributed by atoms with Gasteiger partial charge in [0, 0.05) is 25.7 Å². The Morgan fingerprint density at radius 3 is 1.04 bits per heavy atom. The van der Waals surface area contributed by atoms with Gasteiger partial charge in [0.05, 0.1) is 62.5 Å². The molecule has 0 amide bonds. The highest BCUT2D eigenvalue weighted by atomic mass is 32.2. The molecule has 1 heterocycles. The first-order chi connectivity index (χ1) is 60.2. The highest BCUT2D eigenvalue weighted by Crippen LogP contribution is 2.64. The van der Waals surface area contributed by atoms with E-state index >= 15 is 0 Å². The van der Waals surface area contributed by atoms with Gasteiger partial charge in [0.1, 0.15) is 17.8 Å². The number of rotatable bonds is 21. The van der Waals surface area contributed by atoms with Crippen molar-refractivity contribution >= 4 is 57.6 Å². The van der Waals surface area contributed by atoms with Crippen molar-refractivity contribution < 1.29 is 85.0 Å². The van der Waals surface area contributed by atoms with Crippen LogP contribution in [0.2, 0.25) is 0 Å². The summed E-state index contributed by atoms with van der Waals surface area (Å²) < 4.78 is 83.2. The second-order valence-electron chi connectivity index (χ2n) is 42.0. The van der Waals surface area contributed by atoms with E-state index in [9.17, 15) is 56.5 Å². The molecule has 0 aromatic heterocycles. The number of carbonyl (C=O) groups is 6. The molecule has 16 saturated carbocycles. The minimum Gasteiger partial charge on any atom is -0.463 e. The van der Waals surface area contributed by atoms with Crippen molar-refractivity contribution in [2.24, 2.45) is 98.6 Å². The third kappa shape index (κ3) is 23.7. The number of halogens is 4. The van der Waals surface area contributed by atoms with Gasteiger partial charge in [0.2, 0.25) is 6.10 Å². The Bertz CT molecular complexity index is 4230. The molecule has 690 valence electrons. The molecule has 6 aromatic carbocycles. The van der Waals surface area contributed by atoms with Gasteiger partial charge >= 0.3 is 47.7 Å². The Morgan fingerprint density at radius 2 is 0.709 bits per heavy atom. The molecular formula is C107H140F4O14S2+2. The summed E-state index contributed by atoms with van der Waals surface area (Å²) in [6.45, 7) is 21.4. The van der Waals surface area contributed by atoms with Gasteiger partial charge in [-0.2, -0.15) is 17.6 Å². The number of cyclic esters (lactones) is 1. The number of hydrogen-bond donors (Lipinski definition) is 2. The first-order valence-electron chi connectivity index (χ1n) is 47.4. The number of ether oxygens (including phenoxy) is 6. The molecule has 17 aliphatic rings. The summed E-state index contributed by atoms with van der Waals surface area (Å²) in [6.07, 6.45) is 25.3. The summed E-state index contributed by atoms with van der Waals surface area (Å²) in [7, 11) is -0.0293. The minimum absolute atomic E-state index is 0.0146. The lowest BCUT2D eigenvalue weighted by atomic mass is 9.48. The van der Waals surface area contributed by atoms with Crippen molar-refractivity contribution in [3.63, 3.8) is 0 Å². The molecule has 0 spiro atoms. The first kappa shape index (κ1) is 97.0. The maximum Gasteiger partial charge on any atom is 0.376 e. The van der Waals surface area contributed by atoms with E-state index in [4.69, 9.17) is 28.4 Å². The van der Waals surface area contributed by atoms with Crippen LogP contribution in [0.5, 0.6) is 0 Å². The lowest BCUT2D eigenvalue weighted by Crippen LogP contribution is -2.60. The van der Waals surface area contributed by atoms with E-state index in [0.717, 1.165) is 133 Å². The van der Waals surface area contributed by atoms with Gasteiger partial charge in [-0.15, -0.1) is 0 Å². The van der Waals surface area contributed by atoms with E-state index in [0.29, 0.717) is 93.0 Å². The van der Waals surface area contributed by atoms with Crippen molar-refractivity contribution in [3.8, 4) is 0 Å². The van der Waals surface area contributed by atoms with Crippen LogP contribution in [-0.2, 0) is 79.0 Å². The molecule has 1 aliphatic heterocycles. The standard InChI is InChI=1S/C18H30O2.2C18H15S.C16H26O3.C14H20F2O3.C13H18F2O2.C10H16O4/c1-5-17(3,4)16(19)20-18(6-2)14-8-12-7-13(10-14)11-15(18)9-12;2*1-4-10-16(11-5-1)19(17-12-6-2-7-13-17)18-14-8-3-9-15-18;1-4-15(2,3)14(17)19-13-11-5-10-6-12(13)9-16(18,7-10)8-11;1-12(15,16)11(17)19-8-13-3-9-2-10(4-13)6-14(18,5-9)7-13;1-13(14,15)12(16)17-11-9-3-7-2-8(5-9)6-10(11)4-7;1-4-10(2,3)9(12)14-7-5-6-13-8(7)11/h12-15H,5-11H2,1-4H3;2*1-15H;10-13,18H,4-9H2,1-3H3;9-10,18H,2-8H2,1H3;7-11H,2-6H2,1H3;7H,4-6H2,1-3H3/q;2*+1;;;;. The first-order valence-corrected chi connectivity index (χ1v) is 49.9. The van der Waals surface area contributed by atoms with Crippen molar-refractivity contribution in [2.45, 2.75) is 326 Å². The number of hydrogen-bond acceptors (Lipinski definition) is 14. The smallest absolute Gasteiger partial charge is 0.376 e. The summed E-state index contributed by atoms with van der Waals surface area (Å²) in [4.78, 5) is 78.2. The van der Waals surface area contributed by atoms with E-state index < -0.39 is 52.5 Å². The van der Waals surface area contributed by atoms with E-state index in [1.165, 1.54) is 67.9 Å². The lowest BCUT2D eigenvalue weighted by molar-refractivity contribution is -0.218. The highest BCUT2D eigenvalue weighted by Gasteiger charge is 2.62. The Morgan fingerprint density at radius 1 is 0.386 bits per heavy atom. The fourth-order valence-electron chi connectivity index (χ4n) is 24.2. The molecule has 1 saturated heterocycles. The molecule has 14 nitrogen and oxygen atoms in total. The van der Waals surface area contributed by atoms with E-state index in [-0.39, 0.29) is 80.4 Å². The van der Waals surface area contributed by atoms with Gasteiger partial charge in [0.15, 0.2) is 29.4 Å². The highest BCUT2D eigenvalue weighted by molar-refractivity contribution is 7.97. The fraction of sp³-hybridized carbons (Fsp3) is 0.607. The zero-order valence-electron chi connectivity index (χ0n) is 77.0. The summed E-state index contributed by atoms with van der Waals surface area (Å²) in [6, 6.07) is 64.3. The molecule has 0 radical (unpaired) electrons. The number of benzene rings is 6. The van der Waals surface area contributed by atoms with Crippen LogP contribution in [0.1, 0.15) is 250 Å². The molecule has 16 bridgehead atoms.